The monoisotopic (exact) mass is 400 g/mol. The van der Waals surface area contributed by atoms with Gasteiger partial charge < -0.3 is 19.9 Å². The van der Waals surface area contributed by atoms with Crippen LogP contribution >= 0.6 is 11.8 Å². The van der Waals surface area contributed by atoms with E-state index < -0.39 is 0 Å². The van der Waals surface area contributed by atoms with Crippen LogP contribution in [0.4, 0.5) is 11.4 Å². The number of nitrogens with one attached hydrogen (secondary N) is 1. The van der Waals surface area contributed by atoms with Crippen molar-refractivity contribution in [3.63, 3.8) is 0 Å². The number of anilines is 2. The number of nitrogens with zero attached hydrogens (tertiary/aromatic N) is 3. The number of carbonyl (C=O) groups is 2. The first kappa shape index (κ1) is 20.2. The molecule has 1 saturated heterocycles. The lowest BCUT2D eigenvalue weighted by molar-refractivity contribution is -0.131. The van der Waals surface area contributed by atoms with E-state index >= 15 is 0 Å². The second-order valence-electron chi connectivity index (χ2n) is 6.40. The number of likely N-dealkylation sites (N-methyl/N-ethyl adjacent to an activating group) is 1. The summed E-state index contributed by atoms with van der Waals surface area (Å²) in [7, 11) is 1.63. The Morgan fingerprint density at radius 1 is 1.18 bits per heavy atom. The number of amides is 2. The average Bonchev–Trinajstić information content (AvgIpc) is 2.74. The Morgan fingerprint density at radius 2 is 1.93 bits per heavy atom. The highest BCUT2D eigenvalue weighted by Gasteiger charge is 2.14. The maximum Gasteiger partial charge on any atom is 0.243 e. The molecule has 3 rings (SSSR count). The van der Waals surface area contributed by atoms with Crippen LogP contribution in [0.3, 0.4) is 0 Å². The maximum atomic E-state index is 12.2. The quantitative estimate of drug-likeness (QED) is 0.718. The van der Waals surface area contributed by atoms with Crippen molar-refractivity contribution < 1.29 is 14.3 Å². The molecule has 1 aliphatic heterocycles. The van der Waals surface area contributed by atoms with Gasteiger partial charge in [-0.05, 0) is 36.4 Å². The van der Waals surface area contributed by atoms with Crippen molar-refractivity contribution in [2.75, 3.05) is 55.9 Å². The van der Waals surface area contributed by atoms with Crippen molar-refractivity contribution in [2.45, 2.75) is 5.03 Å². The molecule has 148 valence electrons. The number of aromatic nitrogens is 1. The van der Waals surface area contributed by atoms with Crippen molar-refractivity contribution in [2.24, 2.45) is 0 Å². The Labute approximate surface area is 169 Å². The predicted octanol–water partition coefficient (Wildman–Crippen LogP) is 2.11. The van der Waals surface area contributed by atoms with Gasteiger partial charge in [0, 0.05) is 37.7 Å². The molecule has 1 fully saturated rings. The van der Waals surface area contributed by atoms with Crippen LogP contribution in [0.2, 0.25) is 0 Å². The lowest BCUT2D eigenvalue weighted by atomic mass is 10.2. The number of morpholine rings is 1. The summed E-state index contributed by atoms with van der Waals surface area (Å²) >= 11 is 1.36. The minimum Gasteiger partial charge on any atom is -0.378 e. The third kappa shape index (κ3) is 5.97. The number of pyridine rings is 1. The Hall–Kier alpha value is -2.58. The zero-order valence-electron chi connectivity index (χ0n) is 15.8. The van der Waals surface area contributed by atoms with E-state index in [0.717, 1.165) is 37.0 Å². The molecule has 1 aliphatic rings. The number of carbonyl (C=O) groups excluding carboxylic acids is 2. The minimum absolute atomic E-state index is 0.00677. The van der Waals surface area contributed by atoms with Crippen LogP contribution in [0, 0.1) is 0 Å². The predicted molar refractivity (Wildman–Crippen MR) is 111 cm³/mol. The highest BCUT2D eigenvalue weighted by molar-refractivity contribution is 7.99. The van der Waals surface area contributed by atoms with Crippen molar-refractivity contribution in [1.82, 2.24) is 9.88 Å². The highest BCUT2D eigenvalue weighted by atomic mass is 32.2. The molecule has 0 saturated carbocycles. The third-order valence-corrected chi connectivity index (χ3v) is 5.24. The van der Waals surface area contributed by atoms with Crippen molar-refractivity contribution in [3.05, 3.63) is 48.7 Å². The Kier molecular flexibility index (Phi) is 7.27. The van der Waals surface area contributed by atoms with Gasteiger partial charge in [-0.3, -0.25) is 9.59 Å². The topological polar surface area (TPSA) is 74.8 Å². The standard InChI is InChI=1S/C20H24N4O3S/c1-23(20(26)15-28-19-4-2-3-9-21-19)14-18(25)22-16-5-7-17(8-6-16)24-10-12-27-13-11-24/h2-9H,10-15H2,1H3,(H,22,25). The van der Waals surface area contributed by atoms with E-state index in [2.05, 4.69) is 15.2 Å². The van der Waals surface area contributed by atoms with Gasteiger partial charge in [0.1, 0.15) is 0 Å². The molecule has 7 nitrogen and oxygen atoms in total. The summed E-state index contributed by atoms with van der Waals surface area (Å²) < 4.78 is 5.36. The molecule has 1 aromatic heterocycles. The number of benzene rings is 1. The van der Waals surface area contributed by atoms with E-state index in [9.17, 15) is 9.59 Å². The number of ether oxygens (including phenoxy) is 1. The molecule has 1 N–H and O–H groups in total. The molecule has 28 heavy (non-hydrogen) atoms. The normalized spacial score (nSPS) is 13.8. The minimum atomic E-state index is -0.224. The third-order valence-electron chi connectivity index (χ3n) is 4.32. The second-order valence-corrected chi connectivity index (χ2v) is 7.40. The van der Waals surface area contributed by atoms with Crippen LogP contribution in [-0.4, -0.2) is 67.3 Å². The van der Waals surface area contributed by atoms with Gasteiger partial charge in [0.15, 0.2) is 0 Å². The van der Waals surface area contributed by atoms with E-state index in [-0.39, 0.29) is 24.1 Å². The van der Waals surface area contributed by atoms with Gasteiger partial charge in [0.25, 0.3) is 0 Å². The largest absolute Gasteiger partial charge is 0.378 e. The molecule has 0 spiro atoms. The smallest absolute Gasteiger partial charge is 0.243 e. The van der Waals surface area contributed by atoms with Gasteiger partial charge in [0.2, 0.25) is 11.8 Å². The number of hydrogen-bond donors (Lipinski definition) is 1. The molecule has 1 aromatic carbocycles. The summed E-state index contributed by atoms with van der Waals surface area (Å²) in [5, 5.41) is 3.62. The van der Waals surface area contributed by atoms with E-state index in [0.29, 0.717) is 5.69 Å². The fraction of sp³-hybridized carbons (Fsp3) is 0.350. The number of hydrogen-bond acceptors (Lipinski definition) is 6. The van der Waals surface area contributed by atoms with Gasteiger partial charge in [-0.25, -0.2) is 4.98 Å². The lowest BCUT2D eigenvalue weighted by Gasteiger charge is -2.28. The SMILES string of the molecule is CN(CC(=O)Nc1ccc(N2CCOCC2)cc1)C(=O)CSc1ccccn1. The molecule has 0 radical (unpaired) electrons. The number of rotatable bonds is 7. The summed E-state index contributed by atoms with van der Waals surface area (Å²) in [6.45, 7) is 3.21. The fourth-order valence-corrected chi connectivity index (χ4v) is 3.56. The van der Waals surface area contributed by atoms with E-state index in [1.54, 1.807) is 13.2 Å². The molecule has 0 bridgehead atoms. The Bertz CT molecular complexity index is 780. The fourth-order valence-electron chi connectivity index (χ4n) is 2.76. The maximum absolute atomic E-state index is 12.2. The lowest BCUT2D eigenvalue weighted by Crippen LogP contribution is -2.36. The molecule has 0 unspecified atom stereocenters. The highest BCUT2D eigenvalue weighted by Crippen LogP contribution is 2.19. The van der Waals surface area contributed by atoms with E-state index in [4.69, 9.17) is 4.74 Å². The van der Waals surface area contributed by atoms with Crippen LogP contribution < -0.4 is 10.2 Å². The zero-order chi connectivity index (χ0) is 19.8. The summed E-state index contributed by atoms with van der Waals surface area (Å²) in [4.78, 5) is 32.3. The van der Waals surface area contributed by atoms with Crippen molar-refractivity contribution in [3.8, 4) is 0 Å². The van der Waals surface area contributed by atoms with Crippen LogP contribution in [0.5, 0.6) is 0 Å². The van der Waals surface area contributed by atoms with Crippen molar-refractivity contribution in [1.29, 1.82) is 0 Å². The van der Waals surface area contributed by atoms with Gasteiger partial charge in [-0.15, -0.1) is 0 Å². The molecular formula is C20H24N4O3S. The molecule has 2 heterocycles. The van der Waals surface area contributed by atoms with Gasteiger partial charge in [0.05, 0.1) is 30.5 Å². The first-order valence-corrected chi connectivity index (χ1v) is 10.1. The molecule has 2 amide bonds. The van der Waals surface area contributed by atoms with Crippen LogP contribution in [0.1, 0.15) is 0 Å². The summed E-state index contributed by atoms with van der Waals surface area (Å²) in [5.74, 6) is -0.0963. The van der Waals surface area contributed by atoms with Gasteiger partial charge >= 0.3 is 0 Å². The molecule has 2 aromatic rings. The summed E-state index contributed by atoms with van der Waals surface area (Å²) in [6, 6.07) is 13.3. The molecule has 0 atom stereocenters. The first-order chi connectivity index (χ1) is 13.6. The Morgan fingerprint density at radius 3 is 2.61 bits per heavy atom. The van der Waals surface area contributed by atoms with E-state index in [1.807, 2.05) is 42.5 Å². The van der Waals surface area contributed by atoms with Gasteiger partial charge in [-0.1, -0.05) is 17.8 Å². The first-order valence-electron chi connectivity index (χ1n) is 9.12. The second kappa shape index (κ2) is 10.1. The van der Waals surface area contributed by atoms with E-state index in [1.165, 1.54) is 16.7 Å². The average molecular weight is 401 g/mol. The molecule has 8 heteroatoms. The number of thioether (sulfide) groups is 1. The van der Waals surface area contributed by atoms with Crippen LogP contribution in [0.15, 0.2) is 53.7 Å². The van der Waals surface area contributed by atoms with Crippen LogP contribution in [0.25, 0.3) is 0 Å². The zero-order valence-corrected chi connectivity index (χ0v) is 16.7. The van der Waals surface area contributed by atoms with Crippen molar-refractivity contribution >= 4 is 35.0 Å². The summed E-state index contributed by atoms with van der Waals surface area (Å²) in [6.07, 6.45) is 1.69. The molecule has 0 aliphatic carbocycles. The molecular weight excluding hydrogens is 376 g/mol. The summed E-state index contributed by atoms with van der Waals surface area (Å²) in [5.41, 5.74) is 1.82. The van der Waals surface area contributed by atoms with Gasteiger partial charge in [-0.2, -0.15) is 0 Å². The Balaban J connectivity index is 1.44. The van der Waals surface area contributed by atoms with Crippen LogP contribution in [-0.2, 0) is 14.3 Å².